The lowest BCUT2D eigenvalue weighted by Crippen LogP contribution is -2.23. The van der Waals surface area contributed by atoms with Crippen LogP contribution < -0.4 is 4.90 Å². The predicted octanol–water partition coefficient (Wildman–Crippen LogP) is 2.53. The third kappa shape index (κ3) is 2.27. The number of thioether (sulfide) groups is 1. The molecule has 3 nitrogen and oxygen atoms in total. The third-order valence-electron chi connectivity index (χ3n) is 1.91. The molecule has 74 valence electrons. The van der Waals surface area contributed by atoms with Gasteiger partial charge in [0.1, 0.15) is 12.1 Å². The van der Waals surface area contributed by atoms with Gasteiger partial charge in [0.2, 0.25) is 0 Å². The number of aryl methyl sites for hydroxylation is 1. The van der Waals surface area contributed by atoms with Gasteiger partial charge in [-0.3, -0.25) is 0 Å². The number of hydrogen-bond donors (Lipinski definition) is 0. The number of rotatable bonds is 1. The van der Waals surface area contributed by atoms with Crippen molar-refractivity contribution in [1.82, 2.24) is 9.97 Å². The summed E-state index contributed by atoms with van der Waals surface area (Å²) in [6.45, 7) is 2.97. The van der Waals surface area contributed by atoms with Crippen molar-refractivity contribution in [3.8, 4) is 0 Å². The second-order valence-corrected chi connectivity index (χ2v) is 5.51. The number of nitrogens with zero attached hydrogens (tertiary/aromatic N) is 3. The fourth-order valence-corrected chi connectivity index (χ4v) is 2.66. The van der Waals surface area contributed by atoms with Gasteiger partial charge in [-0.25, -0.2) is 9.97 Å². The molecule has 2 rings (SSSR count). The van der Waals surface area contributed by atoms with Gasteiger partial charge in [-0.15, -0.1) is 11.8 Å². The molecule has 0 aromatic carbocycles. The first-order valence-corrected chi connectivity index (χ1v) is 6.09. The third-order valence-corrected chi connectivity index (χ3v) is 3.57. The van der Waals surface area contributed by atoms with Crippen molar-refractivity contribution in [3.63, 3.8) is 0 Å². The zero-order valence-electron chi connectivity index (χ0n) is 7.77. The summed E-state index contributed by atoms with van der Waals surface area (Å²) in [4.78, 5) is 10.5. The maximum absolute atomic E-state index is 4.24. The molecule has 0 saturated heterocycles. The summed E-state index contributed by atoms with van der Waals surface area (Å²) in [5.41, 5.74) is 0.998. The number of hydrogen-bond acceptors (Lipinski definition) is 4. The summed E-state index contributed by atoms with van der Waals surface area (Å²) < 4.78 is 1.15. The lowest BCUT2D eigenvalue weighted by atomic mass is 10.4. The highest BCUT2D eigenvalue weighted by molar-refractivity contribution is 9.14. The minimum Gasteiger partial charge on any atom is -0.330 e. The monoisotopic (exact) mass is 271 g/mol. The van der Waals surface area contributed by atoms with Gasteiger partial charge in [0.15, 0.2) is 0 Å². The molecule has 2 heterocycles. The first kappa shape index (κ1) is 9.98. The Morgan fingerprint density at radius 3 is 3.07 bits per heavy atom. The number of aromatic nitrogens is 2. The second-order valence-electron chi connectivity index (χ2n) is 2.99. The minimum atomic E-state index is 0.967. The highest BCUT2D eigenvalue weighted by atomic mass is 79.9. The maximum atomic E-state index is 4.24. The average Bonchev–Trinajstić information content (AvgIpc) is 2.18. The van der Waals surface area contributed by atoms with Crippen molar-refractivity contribution in [2.24, 2.45) is 0 Å². The van der Waals surface area contributed by atoms with Crippen LogP contribution in [-0.2, 0) is 0 Å². The van der Waals surface area contributed by atoms with Crippen LogP contribution in [0.3, 0.4) is 0 Å². The van der Waals surface area contributed by atoms with Gasteiger partial charge in [0.05, 0.1) is 3.81 Å². The van der Waals surface area contributed by atoms with E-state index in [4.69, 9.17) is 0 Å². The Kier molecular flexibility index (Phi) is 3.08. The predicted molar refractivity (Wildman–Crippen MR) is 63.6 cm³/mol. The van der Waals surface area contributed by atoms with Crippen molar-refractivity contribution < 1.29 is 0 Å². The highest BCUT2D eigenvalue weighted by Gasteiger charge is 2.11. The van der Waals surface area contributed by atoms with Crippen LogP contribution in [0.4, 0.5) is 5.82 Å². The van der Waals surface area contributed by atoms with Crippen molar-refractivity contribution in [2.45, 2.75) is 6.92 Å². The Labute approximate surface area is 95.8 Å². The molecule has 1 aliphatic heterocycles. The summed E-state index contributed by atoms with van der Waals surface area (Å²) in [5, 5.41) is 0. The molecule has 0 atom stereocenters. The van der Waals surface area contributed by atoms with Gasteiger partial charge in [-0.1, -0.05) is 0 Å². The Morgan fingerprint density at radius 2 is 2.36 bits per heavy atom. The van der Waals surface area contributed by atoms with E-state index in [0.717, 1.165) is 27.6 Å². The molecule has 1 aromatic rings. The molecule has 0 radical (unpaired) electrons. The summed E-state index contributed by atoms with van der Waals surface area (Å²) in [7, 11) is 0. The van der Waals surface area contributed by atoms with Crippen LogP contribution in [0.25, 0.3) is 0 Å². The van der Waals surface area contributed by atoms with Crippen LogP contribution in [0.15, 0.2) is 22.4 Å². The first-order valence-electron chi connectivity index (χ1n) is 4.31. The fraction of sp³-hybridized carbons (Fsp3) is 0.333. The Bertz CT molecular complexity index is 367. The molecule has 0 unspecified atom stereocenters. The molecule has 0 saturated carbocycles. The smallest absolute Gasteiger partial charge is 0.136 e. The molecular formula is C9H10BrN3S. The van der Waals surface area contributed by atoms with E-state index in [9.17, 15) is 0 Å². The summed E-state index contributed by atoms with van der Waals surface area (Å²) in [6.07, 6.45) is 3.67. The SMILES string of the molecule is Cc1cc(N2C=C(Br)SCC2)ncn1. The molecular weight excluding hydrogens is 262 g/mol. The van der Waals surface area contributed by atoms with Gasteiger partial charge >= 0.3 is 0 Å². The van der Waals surface area contributed by atoms with E-state index in [2.05, 4.69) is 37.0 Å². The van der Waals surface area contributed by atoms with Crippen LogP contribution >= 0.6 is 27.7 Å². The van der Waals surface area contributed by atoms with E-state index >= 15 is 0 Å². The van der Waals surface area contributed by atoms with Crippen LogP contribution in [0, 0.1) is 6.92 Å². The quantitative estimate of drug-likeness (QED) is 0.785. The van der Waals surface area contributed by atoms with Crippen LogP contribution in [-0.4, -0.2) is 22.3 Å². The van der Waals surface area contributed by atoms with Gasteiger partial charge in [0, 0.05) is 30.3 Å². The lowest BCUT2D eigenvalue weighted by Gasteiger charge is -2.23. The molecule has 1 aromatic heterocycles. The Hall–Kier alpha value is -0.550. The van der Waals surface area contributed by atoms with E-state index in [-0.39, 0.29) is 0 Å². The van der Waals surface area contributed by atoms with Crippen molar-refractivity contribution in [3.05, 3.63) is 28.1 Å². The summed E-state index contributed by atoms with van der Waals surface area (Å²) in [5.74, 6) is 2.05. The summed E-state index contributed by atoms with van der Waals surface area (Å²) >= 11 is 5.30. The number of halogens is 1. The summed E-state index contributed by atoms with van der Waals surface area (Å²) in [6, 6.07) is 1.99. The van der Waals surface area contributed by atoms with E-state index in [1.54, 1.807) is 6.33 Å². The van der Waals surface area contributed by atoms with Gasteiger partial charge in [0.25, 0.3) is 0 Å². The Balaban J connectivity index is 2.26. The molecule has 0 N–H and O–H groups in total. The molecule has 14 heavy (non-hydrogen) atoms. The van der Waals surface area contributed by atoms with Gasteiger partial charge in [-0.05, 0) is 22.9 Å². The van der Waals surface area contributed by atoms with Crippen molar-refractivity contribution in [2.75, 3.05) is 17.2 Å². The lowest BCUT2D eigenvalue weighted by molar-refractivity contribution is 0.961. The molecule has 5 heteroatoms. The minimum absolute atomic E-state index is 0.967. The van der Waals surface area contributed by atoms with Crippen molar-refractivity contribution >= 4 is 33.5 Å². The fourth-order valence-electron chi connectivity index (χ4n) is 1.24. The molecule has 0 spiro atoms. The maximum Gasteiger partial charge on any atom is 0.136 e. The first-order chi connectivity index (χ1) is 6.75. The van der Waals surface area contributed by atoms with E-state index < -0.39 is 0 Å². The molecule has 1 aliphatic rings. The zero-order chi connectivity index (χ0) is 9.97. The molecule has 0 aliphatic carbocycles. The van der Waals surface area contributed by atoms with Crippen LogP contribution in [0.1, 0.15) is 5.69 Å². The van der Waals surface area contributed by atoms with E-state index in [0.29, 0.717) is 0 Å². The van der Waals surface area contributed by atoms with Gasteiger partial charge < -0.3 is 4.90 Å². The largest absolute Gasteiger partial charge is 0.330 e. The topological polar surface area (TPSA) is 29.0 Å². The van der Waals surface area contributed by atoms with E-state index in [1.165, 1.54) is 0 Å². The van der Waals surface area contributed by atoms with Gasteiger partial charge in [-0.2, -0.15) is 0 Å². The Morgan fingerprint density at radius 1 is 1.50 bits per heavy atom. The average molecular weight is 272 g/mol. The standard InChI is InChI=1S/C9H10BrN3S/c1-7-4-9(12-6-11-7)13-2-3-14-8(10)5-13/h4-6H,2-3H2,1H3. The van der Waals surface area contributed by atoms with Crippen LogP contribution in [0.2, 0.25) is 0 Å². The molecule has 0 fully saturated rings. The highest BCUT2D eigenvalue weighted by Crippen LogP contribution is 2.28. The number of anilines is 1. The zero-order valence-corrected chi connectivity index (χ0v) is 10.2. The van der Waals surface area contributed by atoms with Crippen LogP contribution in [0.5, 0.6) is 0 Å². The second kappa shape index (κ2) is 4.31. The molecule has 0 bridgehead atoms. The molecule has 0 amide bonds. The normalized spacial score (nSPS) is 16.7. The van der Waals surface area contributed by atoms with E-state index in [1.807, 2.05) is 24.8 Å². The van der Waals surface area contributed by atoms with Crippen molar-refractivity contribution in [1.29, 1.82) is 0 Å².